The molecule has 0 unspecified atom stereocenters. The number of primary amides is 1. The van der Waals surface area contributed by atoms with E-state index in [-0.39, 0.29) is 24.0 Å². The average molecular weight is 515 g/mol. The summed E-state index contributed by atoms with van der Waals surface area (Å²) in [5, 5.41) is 43.5. The van der Waals surface area contributed by atoms with E-state index < -0.39 is 75.9 Å². The molecule has 0 heterocycles. The van der Waals surface area contributed by atoms with E-state index in [0.717, 1.165) is 12.1 Å². The summed E-state index contributed by atoms with van der Waals surface area (Å²) in [5.74, 6) is -7.38. The lowest BCUT2D eigenvalue weighted by atomic mass is 9.59. The third-order valence-corrected chi connectivity index (χ3v) is 7.47. The summed E-state index contributed by atoms with van der Waals surface area (Å²) in [6.45, 7) is 0. The summed E-state index contributed by atoms with van der Waals surface area (Å²) in [4.78, 5) is 37.7. The number of aliphatic hydroxyl groups excluding tert-OH is 2. The molecule has 3 aliphatic carbocycles. The number of carbonyl (C=O) groups excluding carboxylic acids is 3. The average Bonchev–Trinajstić information content (AvgIpc) is 2.81. The molecule has 0 aliphatic heterocycles. The summed E-state index contributed by atoms with van der Waals surface area (Å²) in [5.41, 5.74) is 1.49. The minimum atomic E-state index is -4.53. The molecule has 0 saturated heterocycles. The van der Waals surface area contributed by atoms with Gasteiger partial charge in [-0.3, -0.25) is 14.4 Å². The lowest BCUT2D eigenvalue weighted by molar-refractivity contribution is -0.147. The van der Waals surface area contributed by atoms with Crippen LogP contribution in [0.1, 0.15) is 29.5 Å². The molecule has 0 bridgehead atoms. The molecule has 1 amide bonds. The van der Waals surface area contributed by atoms with Crippen LogP contribution in [0.25, 0.3) is 16.9 Å². The van der Waals surface area contributed by atoms with Crippen LogP contribution >= 0.6 is 0 Å². The van der Waals surface area contributed by atoms with Gasteiger partial charge in [-0.15, -0.1) is 0 Å². The van der Waals surface area contributed by atoms with Gasteiger partial charge in [0.05, 0.1) is 11.1 Å². The number of alkyl halides is 3. The van der Waals surface area contributed by atoms with Crippen LogP contribution in [0.2, 0.25) is 0 Å². The van der Waals surface area contributed by atoms with Gasteiger partial charge in [0.15, 0.2) is 11.4 Å². The smallest absolute Gasteiger partial charge is 0.416 e. The van der Waals surface area contributed by atoms with Crippen molar-refractivity contribution >= 4 is 23.2 Å². The summed E-state index contributed by atoms with van der Waals surface area (Å²) in [7, 11) is 0. The molecule has 3 aliphatic rings. The Morgan fingerprint density at radius 2 is 1.65 bits per heavy atom. The number of fused-ring (bicyclic) bond motifs is 3. The molecule has 11 heteroatoms. The van der Waals surface area contributed by atoms with Gasteiger partial charge in [-0.05, 0) is 53.6 Å². The number of benzene rings is 2. The highest BCUT2D eigenvalue weighted by atomic mass is 19.4. The van der Waals surface area contributed by atoms with Gasteiger partial charge < -0.3 is 26.2 Å². The number of hydrogen-bond acceptors (Lipinski definition) is 7. The molecule has 0 aromatic heterocycles. The highest BCUT2D eigenvalue weighted by Gasteiger charge is 2.60. The molecular formula is C26H20F3NO7. The zero-order valence-corrected chi connectivity index (χ0v) is 19.0. The van der Waals surface area contributed by atoms with E-state index in [1.807, 2.05) is 0 Å². The fourth-order valence-electron chi connectivity index (χ4n) is 5.73. The molecular weight excluding hydrogens is 495 g/mol. The Labute approximate surface area is 207 Å². The summed E-state index contributed by atoms with van der Waals surface area (Å²) < 4.78 is 39.1. The zero-order chi connectivity index (χ0) is 27.0. The molecule has 3 atom stereocenters. The van der Waals surface area contributed by atoms with Crippen LogP contribution in [0.3, 0.4) is 0 Å². The molecule has 192 valence electrons. The highest BCUT2D eigenvalue weighted by molar-refractivity contribution is 6.22. The highest BCUT2D eigenvalue weighted by Crippen LogP contribution is 2.53. The molecule has 0 spiro atoms. The topological polar surface area (TPSA) is 158 Å². The van der Waals surface area contributed by atoms with E-state index in [1.165, 1.54) is 24.3 Å². The first-order valence-electron chi connectivity index (χ1n) is 11.3. The maximum atomic E-state index is 13.5. The van der Waals surface area contributed by atoms with E-state index in [9.17, 15) is 48.0 Å². The van der Waals surface area contributed by atoms with Crippen molar-refractivity contribution in [1.29, 1.82) is 0 Å². The van der Waals surface area contributed by atoms with Crippen LogP contribution < -0.4 is 5.73 Å². The number of Topliss-reactive ketones (excluding diaryl/α,β-unsaturated/α-hetero) is 2. The Kier molecular flexibility index (Phi) is 5.27. The second kappa shape index (κ2) is 7.94. The van der Waals surface area contributed by atoms with Crippen LogP contribution in [-0.2, 0) is 27.0 Å². The molecule has 8 nitrogen and oxygen atoms in total. The first-order chi connectivity index (χ1) is 17.3. The standard InChI is InChI=1S/C26H20F3NO7/c27-26(28,29)12-3-1-10(2-4-12)14-5-6-16(31)19-15(14)8-11-7-13-9-17(32)20(24(30)36)23(35)25(13,37)22(34)18(11)21(19)33/h1-6,11,13,31,33,35,37H,7-9H2,(H2,30,36)/t11-,13+,25+/m1/s1. The molecule has 1 saturated carbocycles. The van der Waals surface area contributed by atoms with Crippen LogP contribution in [0.15, 0.2) is 53.3 Å². The van der Waals surface area contributed by atoms with Gasteiger partial charge in [-0.25, -0.2) is 0 Å². The number of aliphatic hydroxyl groups is 3. The Morgan fingerprint density at radius 1 is 1.00 bits per heavy atom. The van der Waals surface area contributed by atoms with E-state index in [1.54, 1.807) is 0 Å². The summed E-state index contributed by atoms with van der Waals surface area (Å²) >= 11 is 0. The maximum Gasteiger partial charge on any atom is 0.416 e. The first kappa shape index (κ1) is 24.6. The number of rotatable bonds is 2. The summed E-state index contributed by atoms with van der Waals surface area (Å²) in [6.07, 6.45) is -4.99. The molecule has 2 aromatic carbocycles. The Bertz CT molecular complexity index is 1460. The number of nitrogens with two attached hydrogens (primary N) is 1. The largest absolute Gasteiger partial charge is 0.508 e. The Morgan fingerprint density at radius 3 is 2.24 bits per heavy atom. The number of ketones is 2. The fourth-order valence-corrected chi connectivity index (χ4v) is 5.73. The minimum absolute atomic E-state index is 0.0408. The van der Waals surface area contributed by atoms with Crippen LogP contribution in [-0.4, -0.2) is 43.5 Å². The molecule has 37 heavy (non-hydrogen) atoms. The maximum absolute atomic E-state index is 13.5. The molecule has 1 fully saturated rings. The third kappa shape index (κ3) is 3.45. The van der Waals surface area contributed by atoms with Crippen molar-refractivity contribution in [3.63, 3.8) is 0 Å². The molecule has 2 aromatic rings. The van der Waals surface area contributed by atoms with Gasteiger partial charge in [0, 0.05) is 17.9 Å². The number of aromatic hydroxyl groups is 1. The third-order valence-electron chi connectivity index (χ3n) is 7.47. The minimum Gasteiger partial charge on any atom is -0.508 e. The predicted molar refractivity (Wildman–Crippen MR) is 122 cm³/mol. The van der Waals surface area contributed by atoms with E-state index in [0.29, 0.717) is 16.7 Å². The van der Waals surface area contributed by atoms with Crippen molar-refractivity contribution in [2.45, 2.75) is 31.0 Å². The van der Waals surface area contributed by atoms with Crippen molar-refractivity contribution in [3.05, 3.63) is 70.0 Å². The van der Waals surface area contributed by atoms with Crippen LogP contribution in [0.5, 0.6) is 5.75 Å². The molecule has 0 radical (unpaired) electrons. The fraction of sp³-hybridized carbons (Fsp3) is 0.269. The van der Waals surface area contributed by atoms with Gasteiger partial charge in [-0.2, -0.15) is 13.2 Å². The van der Waals surface area contributed by atoms with Gasteiger partial charge in [-0.1, -0.05) is 18.2 Å². The van der Waals surface area contributed by atoms with Crippen LogP contribution in [0, 0.1) is 11.8 Å². The van der Waals surface area contributed by atoms with Crippen LogP contribution in [0.4, 0.5) is 13.2 Å². The second-order valence-corrected chi connectivity index (χ2v) is 9.47. The lowest BCUT2D eigenvalue weighted by Crippen LogP contribution is -2.58. The quantitative estimate of drug-likeness (QED) is 0.385. The van der Waals surface area contributed by atoms with Crippen molar-refractivity contribution in [2.75, 3.05) is 0 Å². The van der Waals surface area contributed by atoms with E-state index in [2.05, 4.69) is 0 Å². The SMILES string of the molecule is NC(=O)C1=C(O)[C@@]2(O)C(=O)C3=C(O)c4c(O)ccc(-c5ccc(C(F)(F)F)cc5)c4C[C@H]3C[C@H]2CC1=O. The van der Waals surface area contributed by atoms with Crippen molar-refractivity contribution in [1.82, 2.24) is 0 Å². The Balaban J connectivity index is 1.66. The number of phenols is 1. The molecule has 5 rings (SSSR count). The first-order valence-corrected chi connectivity index (χ1v) is 11.3. The Hall–Kier alpha value is -4.12. The van der Waals surface area contributed by atoms with Crippen molar-refractivity contribution in [3.8, 4) is 16.9 Å². The number of carbonyl (C=O) groups is 3. The normalized spacial score (nSPS) is 25.5. The predicted octanol–water partition coefficient (Wildman–Crippen LogP) is 3.11. The number of amides is 1. The van der Waals surface area contributed by atoms with Crippen molar-refractivity contribution < 1.29 is 48.0 Å². The van der Waals surface area contributed by atoms with Gasteiger partial charge in [0.25, 0.3) is 5.91 Å². The summed E-state index contributed by atoms with van der Waals surface area (Å²) in [6, 6.07) is 7.02. The number of hydrogen-bond donors (Lipinski definition) is 5. The monoisotopic (exact) mass is 515 g/mol. The zero-order valence-electron chi connectivity index (χ0n) is 19.0. The second-order valence-electron chi connectivity index (χ2n) is 9.47. The van der Waals surface area contributed by atoms with Gasteiger partial charge >= 0.3 is 6.18 Å². The number of halogens is 3. The lowest BCUT2D eigenvalue weighted by Gasteiger charge is -2.46. The van der Waals surface area contributed by atoms with Crippen molar-refractivity contribution in [2.24, 2.45) is 17.6 Å². The van der Waals surface area contributed by atoms with Gasteiger partial charge in [0.1, 0.15) is 22.8 Å². The van der Waals surface area contributed by atoms with E-state index >= 15 is 0 Å². The molecule has 6 N–H and O–H groups in total. The van der Waals surface area contributed by atoms with Gasteiger partial charge in [0.2, 0.25) is 5.78 Å². The van der Waals surface area contributed by atoms with E-state index in [4.69, 9.17) is 5.73 Å². The number of phenolic OH excluding ortho intramolecular Hbond substituents is 1.